The minimum atomic E-state index is -0.148. The highest BCUT2D eigenvalue weighted by atomic mass is 35.5. The summed E-state index contributed by atoms with van der Waals surface area (Å²) < 4.78 is 0.918. The van der Waals surface area contributed by atoms with Gasteiger partial charge in [-0.2, -0.15) is 0 Å². The first-order valence-corrected chi connectivity index (χ1v) is 9.31. The van der Waals surface area contributed by atoms with Crippen LogP contribution in [-0.4, -0.2) is 5.91 Å². The van der Waals surface area contributed by atoms with E-state index in [4.69, 9.17) is 23.2 Å². The first-order chi connectivity index (χ1) is 11.5. The number of nitrogens with one attached hydrogen (secondary N) is 1. The Morgan fingerprint density at radius 3 is 2.54 bits per heavy atom. The topological polar surface area (TPSA) is 29.1 Å². The number of hydrogen-bond acceptors (Lipinski definition) is 2. The molecule has 5 heteroatoms. The van der Waals surface area contributed by atoms with Gasteiger partial charge in [0.2, 0.25) is 0 Å². The third-order valence-corrected chi connectivity index (χ3v) is 5.88. The molecule has 0 aliphatic heterocycles. The second kappa shape index (κ2) is 7.14. The molecular formula is C19H17Cl2NOS. The molecule has 3 aromatic rings. The fraction of sp³-hybridized carbons (Fsp3) is 0.211. The van der Waals surface area contributed by atoms with Gasteiger partial charge >= 0.3 is 0 Å². The monoisotopic (exact) mass is 377 g/mol. The van der Waals surface area contributed by atoms with Crippen LogP contribution in [0.2, 0.25) is 10.0 Å². The van der Waals surface area contributed by atoms with Gasteiger partial charge in [0.15, 0.2) is 0 Å². The lowest BCUT2D eigenvalue weighted by atomic mass is 10.0. The van der Waals surface area contributed by atoms with Crippen LogP contribution < -0.4 is 5.32 Å². The van der Waals surface area contributed by atoms with Crippen molar-refractivity contribution in [2.24, 2.45) is 0 Å². The van der Waals surface area contributed by atoms with Gasteiger partial charge in [-0.1, -0.05) is 66.0 Å². The van der Waals surface area contributed by atoms with Crippen molar-refractivity contribution in [1.29, 1.82) is 0 Å². The van der Waals surface area contributed by atoms with Crippen LogP contribution in [0.5, 0.6) is 0 Å². The summed E-state index contributed by atoms with van der Waals surface area (Å²) in [6.07, 6.45) is 0.809. The first kappa shape index (κ1) is 17.3. The van der Waals surface area contributed by atoms with Gasteiger partial charge in [-0.05, 0) is 31.0 Å². The molecule has 2 aromatic carbocycles. The average molecular weight is 378 g/mol. The summed E-state index contributed by atoms with van der Waals surface area (Å²) >= 11 is 13.8. The molecular weight excluding hydrogens is 361 g/mol. The largest absolute Gasteiger partial charge is 0.345 e. The van der Waals surface area contributed by atoms with E-state index in [0.29, 0.717) is 14.9 Å². The lowest BCUT2D eigenvalue weighted by Gasteiger charge is -2.17. The van der Waals surface area contributed by atoms with Gasteiger partial charge in [0.05, 0.1) is 11.1 Å². The molecule has 1 atom stereocenters. The van der Waals surface area contributed by atoms with Gasteiger partial charge in [0, 0.05) is 15.1 Å². The Morgan fingerprint density at radius 1 is 1.17 bits per heavy atom. The van der Waals surface area contributed by atoms with Gasteiger partial charge in [0.1, 0.15) is 4.88 Å². The molecule has 24 heavy (non-hydrogen) atoms. The molecule has 0 unspecified atom stereocenters. The molecule has 1 aromatic heterocycles. The van der Waals surface area contributed by atoms with Gasteiger partial charge in [-0.3, -0.25) is 4.79 Å². The van der Waals surface area contributed by atoms with Crippen molar-refractivity contribution < 1.29 is 4.79 Å². The summed E-state index contributed by atoms with van der Waals surface area (Å²) in [5.41, 5.74) is 2.29. The molecule has 1 heterocycles. The van der Waals surface area contributed by atoms with Crippen molar-refractivity contribution in [3.8, 4) is 0 Å². The molecule has 1 amide bonds. The molecule has 0 radical (unpaired) electrons. The Balaban J connectivity index is 1.88. The van der Waals surface area contributed by atoms with Crippen LogP contribution in [0.1, 0.15) is 40.2 Å². The van der Waals surface area contributed by atoms with E-state index >= 15 is 0 Å². The summed E-state index contributed by atoms with van der Waals surface area (Å²) in [6.45, 7) is 4.10. The fourth-order valence-corrected chi connectivity index (χ4v) is 4.32. The zero-order valence-electron chi connectivity index (χ0n) is 13.4. The zero-order chi connectivity index (χ0) is 17.3. The summed E-state index contributed by atoms with van der Waals surface area (Å²) in [5.74, 6) is -0.148. The Morgan fingerprint density at radius 2 is 1.88 bits per heavy atom. The maximum absolute atomic E-state index is 12.7. The van der Waals surface area contributed by atoms with Crippen LogP contribution >= 0.6 is 34.5 Å². The van der Waals surface area contributed by atoms with E-state index in [-0.39, 0.29) is 11.9 Å². The molecule has 124 valence electrons. The van der Waals surface area contributed by atoms with Crippen LogP contribution in [0.3, 0.4) is 0 Å². The predicted octanol–water partition coefficient (Wildman–Crippen LogP) is 6.40. The van der Waals surface area contributed by atoms with Crippen molar-refractivity contribution in [1.82, 2.24) is 5.32 Å². The number of benzene rings is 2. The Kier molecular flexibility index (Phi) is 5.14. The molecule has 0 saturated heterocycles. The van der Waals surface area contributed by atoms with Crippen molar-refractivity contribution in [3.63, 3.8) is 0 Å². The molecule has 0 fully saturated rings. The molecule has 2 nitrogen and oxygen atoms in total. The van der Waals surface area contributed by atoms with E-state index < -0.39 is 0 Å². The van der Waals surface area contributed by atoms with E-state index in [1.165, 1.54) is 16.9 Å². The number of thiophene rings is 1. The highest BCUT2D eigenvalue weighted by Crippen LogP contribution is 2.37. The molecule has 0 spiro atoms. The number of halogens is 2. The zero-order valence-corrected chi connectivity index (χ0v) is 15.7. The Hall–Kier alpha value is -1.55. The van der Waals surface area contributed by atoms with Crippen molar-refractivity contribution in [3.05, 3.63) is 68.5 Å². The smallest absolute Gasteiger partial charge is 0.263 e. The third kappa shape index (κ3) is 3.44. The van der Waals surface area contributed by atoms with Crippen molar-refractivity contribution in [2.75, 3.05) is 0 Å². The Labute approximate surface area is 155 Å². The minimum absolute atomic E-state index is 0.0389. The standard InChI is InChI=1S/C19H17Cl2NOS/c1-3-15(12-6-4-11(2)5-7-12)22-19(23)18-17(21)14-9-8-13(20)10-16(14)24-18/h4-10,15H,3H2,1-2H3,(H,22,23)/t15-/m1/s1. The molecule has 1 N–H and O–H groups in total. The normalized spacial score (nSPS) is 12.3. The maximum atomic E-state index is 12.7. The number of rotatable bonds is 4. The molecule has 0 bridgehead atoms. The van der Waals surface area contributed by atoms with Gasteiger partial charge in [-0.15, -0.1) is 11.3 Å². The van der Waals surface area contributed by atoms with Gasteiger partial charge < -0.3 is 5.32 Å². The fourth-order valence-electron chi connectivity index (χ4n) is 2.63. The van der Waals surface area contributed by atoms with Crippen LogP contribution in [0.15, 0.2) is 42.5 Å². The lowest BCUT2D eigenvalue weighted by molar-refractivity contribution is 0.0940. The molecule has 0 aliphatic carbocycles. The second-order valence-corrected chi connectivity index (χ2v) is 7.60. The van der Waals surface area contributed by atoms with Crippen LogP contribution in [-0.2, 0) is 0 Å². The summed E-state index contributed by atoms with van der Waals surface area (Å²) in [6, 6.07) is 13.6. The lowest BCUT2D eigenvalue weighted by Crippen LogP contribution is -2.27. The van der Waals surface area contributed by atoms with E-state index in [1.54, 1.807) is 6.07 Å². The molecule has 3 rings (SSSR count). The summed E-state index contributed by atoms with van der Waals surface area (Å²) in [4.78, 5) is 13.2. The quantitative estimate of drug-likeness (QED) is 0.559. The number of aryl methyl sites for hydroxylation is 1. The number of carbonyl (C=O) groups is 1. The minimum Gasteiger partial charge on any atom is -0.345 e. The number of hydrogen-bond donors (Lipinski definition) is 1. The van der Waals surface area contributed by atoms with E-state index in [0.717, 1.165) is 22.1 Å². The van der Waals surface area contributed by atoms with Crippen LogP contribution in [0.25, 0.3) is 10.1 Å². The highest BCUT2D eigenvalue weighted by Gasteiger charge is 2.20. The van der Waals surface area contributed by atoms with E-state index in [9.17, 15) is 4.79 Å². The molecule has 0 saturated carbocycles. The summed E-state index contributed by atoms with van der Waals surface area (Å²) in [7, 11) is 0. The number of carbonyl (C=O) groups excluding carboxylic acids is 1. The van der Waals surface area contributed by atoms with Gasteiger partial charge in [0.25, 0.3) is 5.91 Å². The highest BCUT2D eigenvalue weighted by molar-refractivity contribution is 7.21. The van der Waals surface area contributed by atoms with Crippen molar-refractivity contribution >= 4 is 50.5 Å². The summed E-state index contributed by atoms with van der Waals surface area (Å²) in [5, 5.41) is 5.08. The van der Waals surface area contributed by atoms with Crippen molar-refractivity contribution in [2.45, 2.75) is 26.3 Å². The number of fused-ring (bicyclic) bond motifs is 1. The van der Waals surface area contributed by atoms with Gasteiger partial charge in [-0.25, -0.2) is 0 Å². The Bertz CT molecular complexity index is 886. The van der Waals surface area contributed by atoms with E-state index in [1.807, 2.05) is 19.1 Å². The van der Waals surface area contributed by atoms with Crippen LogP contribution in [0, 0.1) is 6.92 Å². The second-order valence-electron chi connectivity index (χ2n) is 5.73. The molecule has 0 aliphatic rings. The SMILES string of the molecule is CC[C@@H](NC(=O)c1sc2cc(Cl)ccc2c1Cl)c1ccc(C)cc1. The number of amides is 1. The first-order valence-electron chi connectivity index (χ1n) is 7.74. The average Bonchev–Trinajstić information content (AvgIpc) is 2.89. The predicted molar refractivity (Wildman–Crippen MR) is 104 cm³/mol. The van der Waals surface area contributed by atoms with E-state index in [2.05, 4.69) is 36.5 Å². The maximum Gasteiger partial charge on any atom is 0.263 e. The third-order valence-electron chi connectivity index (χ3n) is 3.99. The van der Waals surface area contributed by atoms with Crippen LogP contribution in [0.4, 0.5) is 0 Å².